The standard InChI is InChI=1S/C21H17ClFN3O2/c22-18-7-5-14(6-8-18)10-25-20(27)16-9-17(12-24-11-16)21(28)26-13-15-3-1-2-4-19(15)23/h1-9,11-12H,10,13H2,(H,25,27)(H,26,28). The van der Waals surface area contributed by atoms with Gasteiger partial charge in [-0.2, -0.15) is 0 Å². The number of hydrogen-bond acceptors (Lipinski definition) is 3. The number of pyridine rings is 1. The lowest BCUT2D eigenvalue weighted by Crippen LogP contribution is -2.26. The molecule has 142 valence electrons. The number of carbonyl (C=O) groups is 2. The zero-order valence-corrected chi connectivity index (χ0v) is 15.5. The molecule has 2 amide bonds. The second-order valence-corrected chi connectivity index (χ2v) is 6.48. The third-order valence-corrected chi connectivity index (χ3v) is 4.28. The summed E-state index contributed by atoms with van der Waals surface area (Å²) in [5.74, 6) is -1.19. The lowest BCUT2D eigenvalue weighted by Gasteiger charge is -2.08. The molecule has 0 atom stereocenters. The van der Waals surface area contributed by atoms with E-state index in [4.69, 9.17) is 11.6 Å². The predicted molar refractivity (Wildman–Crippen MR) is 104 cm³/mol. The van der Waals surface area contributed by atoms with Crippen molar-refractivity contribution in [2.45, 2.75) is 13.1 Å². The minimum atomic E-state index is -0.442. The van der Waals surface area contributed by atoms with Crippen LogP contribution in [0.3, 0.4) is 0 Å². The van der Waals surface area contributed by atoms with Crippen LogP contribution in [0.2, 0.25) is 5.02 Å². The quantitative estimate of drug-likeness (QED) is 0.665. The lowest BCUT2D eigenvalue weighted by molar-refractivity contribution is 0.0950. The topological polar surface area (TPSA) is 71.1 Å². The van der Waals surface area contributed by atoms with Gasteiger partial charge in [-0.15, -0.1) is 0 Å². The van der Waals surface area contributed by atoms with Gasteiger partial charge < -0.3 is 10.6 Å². The van der Waals surface area contributed by atoms with E-state index >= 15 is 0 Å². The van der Waals surface area contributed by atoms with Crippen molar-refractivity contribution < 1.29 is 14.0 Å². The SMILES string of the molecule is O=C(NCc1ccc(Cl)cc1)c1cncc(C(=O)NCc2ccccc2F)c1. The molecule has 5 nitrogen and oxygen atoms in total. The van der Waals surface area contributed by atoms with Gasteiger partial charge in [-0.25, -0.2) is 4.39 Å². The van der Waals surface area contributed by atoms with Crippen LogP contribution in [0.25, 0.3) is 0 Å². The highest BCUT2D eigenvalue weighted by Crippen LogP contribution is 2.10. The third kappa shape index (κ3) is 5.14. The van der Waals surface area contributed by atoms with Crippen LogP contribution in [0.1, 0.15) is 31.8 Å². The maximum atomic E-state index is 13.6. The second-order valence-electron chi connectivity index (χ2n) is 6.05. The number of aromatic nitrogens is 1. The Bertz CT molecular complexity index is 993. The summed E-state index contributed by atoms with van der Waals surface area (Å²) in [6, 6.07) is 14.7. The second kappa shape index (κ2) is 9.10. The molecular weight excluding hydrogens is 381 g/mol. The maximum Gasteiger partial charge on any atom is 0.253 e. The zero-order valence-electron chi connectivity index (χ0n) is 14.8. The first-order chi connectivity index (χ1) is 13.5. The molecule has 2 aromatic carbocycles. The summed E-state index contributed by atoms with van der Waals surface area (Å²) in [4.78, 5) is 28.6. The highest BCUT2D eigenvalue weighted by Gasteiger charge is 2.12. The fourth-order valence-corrected chi connectivity index (χ4v) is 2.62. The van der Waals surface area contributed by atoms with Crippen LogP contribution >= 0.6 is 11.6 Å². The Balaban J connectivity index is 1.60. The molecule has 0 aliphatic heterocycles. The van der Waals surface area contributed by atoms with E-state index < -0.39 is 11.7 Å². The first kappa shape index (κ1) is 19.5. The normalized spacial score (nSPS) is 10.4. The number of rotatable bonds is 6. The van der Waals surface area contributed by atoms with Gasteiger partial charge in [0.15, 0.2) is 0 Å². The molecule has 0 bridgehead atoms. The van der Waals surface area contributed by atoms with Gasteiger partial charge in [0.25, 0.3) is 11.8 Å². The van der Waals surface area contributed by atoms with E-state index in [1.165, 1.54) is 24.5 Å². The Hall–Kier alpha value is -3.25. The molecule has 28 heavy (non-hydrogen) atoms. The molecule has 1 aromatic heterocycles. The van der Waals surface area contributed by atoms with E-state index in [0.29, 0.717) is 17.1 Å². The van der Waals surface area contributed by atoms with Crippen molar-refractivity contribution in [3.8, 4) is 0 Å². The van der Waals surface area contributed by atoms with Crippen LogP contribution in [0.15, 0.2) is 67.0 Å². The van der Waals surface area contributed by atoms with Crippen LogP contribution in [-0.4, -0.2) is 16.8 Å². The van der Waals surface area contributed by atoms with Crippen LogP contribution in [-0.2, 0) is 13.1 Å². The zero-order chi connectivity index (χ0) is 19.9. The molecule has 0 aliphatic carbocycles. The van der Waals surface area contributed by atoms with E-state index in [2.05, 4.69) is 15.6 Å². The van der Waals surface area contributed by atoms with Crippen molar-refractivity contribution in [3.05, 3.63) is 100 Å². The molecule has 0 fully saturated rings. The first-order valence-corrected chi connectivity index (χ1v) is 8.90. The van der Waals surface area contributed by atoms with Gasteiger partial charge in [0.1, 0.15) is 5.82 Å². The molecule has 3 rings (SSSR count). The summed E-state index contributed by atoms with van der Waals surface area (Å²) in [6.07, 6.45) is 2.73. The molecule has 0 saturated heterocycles. The summed E-state index contributed by atoms with van der Waals surface area (Å²) < 4.78 is 13.6. The summed E-state index contributed by atoms with van der Waals surface area (Å²) in [6.45, 7) is 0.359. The van der Waals surface area contributed by atoms with Crippen LogP contribution < -0.4 is 10.6 Å². The predicted octanol–water partition coefficient (Wildman–Crippen LogP) is 3.73. The molecule has 0 spiro atoms. The monoisotopic (exact) mass is 397 g/mol. The Labute approximate surface area is 166 Å². The van der Waals surface area contributed by atoms with Crippen molar-refractivity contribution in [2.24, 2.45) is 0 Å². The average molecular weight is 398 g/mol. The largest absolute Gasteiger partial charge is 0.348 e. The van der Waals surface area contributed by atoms with Crippen LogP contribution in [0, 0.1) is 5.82 Å². The van der Waals surface area contributed by atoms with Crippen molar-refractivity contribution >= 4 is 23.4 Å². The molecule has 0 unspecified atom stereocenters. The molecule has 3 aromatic rings. The van der Waals surface area contributed by atoms with Crippen molar-refractivity contribution in [2.75, 3.05) is 0 Å². The Morgan fingerprint density at radius 2 is 1.50 bits per heavy atom. The van der Waals surface area contributed by atoms with Gasteiger partial charge in [0, 0.05) is 36.1 Å². The van der Waals surface area contributed by atoms with Crippen LogP contribution in [0.4, 0.5) is 4.39 Å². The number of nitrogens with zero attached hydrogens (tertiary/aromatic N) is 1. The van der Waals surface area contributed by atoms with Gasteiger partial charge in [-0.1, -0.05) is 41.9 Å². The molecule has 7 heteroatoms. The van der Waals surface area contributed by atoms with E-state index in [0.717, 1.165) is 5.56 Å². The van der Waals surface area contributed by atoms with E-state index in [-0.39, 0.29) is 23.6 Å². The van der Waals surface area contributed by atoms with Crippen LogP contribution in [0.5, 0.6) is 0 Å². The first-order valence-electron chi connectivity index (χ1n) is 8.52. The van der Waals surface area contributed by atoms with E-state index in [1.807, 2.05) is 12.1 Å². The molecule has 0 saturated carbocycles. The smallest absolute Gasteiger partial charge is 0.253 e. The molecule has 0 radical (unpaired) electrons. The fourth-order valence-electron chi connectivity index (χ4n) is 2.49. The fraction of sp³-hybridized carbons (Fsp3) is 0.0952. The average Bonchev–Trinajstić information content (AvgIpc) is 2.72. The van der Waals surface area contributed by atoms with Gasteiger partial charge in [0.05, 0.1) is 11.1 Å². The molecular formula is C21H17ClFN3O2. The van der Waals surface area contributed by atoms with Gasteiger partial charge >= 0.3 is 0 Å². The number of hydrogen-bond donors (Lipinski definition) is 2. The highest BCUT2D eigenvalue weighted by atomic mass is 35.5. The Kier molecular flexibility index (Phi) is 6.34. The van der Waals surface area contributed by atoms with E-state index in [9.17, 15) is 14.0 Å². The minimum Gasteiger partial charge on any atom is -0.348 e. The number of benzene rings is 2. The lowest BCUT2D eigenvalue weighted by atomic mass is 10.1. The molecule has 2 N–H and O–H groups in total. The van der Waals surface area contributed by atoms with Crippen molar-refractivity contribution in [1.29, 1.82) is 0 Å². The summed E-state index contributed by atoms with van der Waals surface area (Å²) in [5.41, 5.74) is 1.74. The Morgan fingerprint density at radius 3 is 2.14 bits per heavy atom. The van der Waals surface area contributed by atoms with E-state index in [1.54, 1.807) is 30.3 Å². The van der Waals surface area contributed by atoms with Gasteiger partial charge in [-0.05, 0) is 29.8 Å². The molecule has 1 heterocycles. The van der Waals surface area contributed by atoms with Gasteiger partial charge in [0.2, 0.25) is 0 Å². The van der Waals surface area contributed by atoms with Gasteiger partial charge in [-0.3, -0.25) is 14.6 Å². The number of nitrogens with one attached hydrogen (secondary N) is 2. The summed E-state index contributed by atoms with van der Waals surface area (Å²) in [5, 5.41) is 6.00. The van der Waals surface area contributed by atoms with Crippen molar-refractivity contribution in [1.82, 2.24) is 15.6 Å². The summed E-state index contributed by atoms with van der Waals surface area (Å²) in [7, 11) is 0. The number of carbonyl (C=O) groups excluding carboxylic acids is 2. The molecule has 0 aliphatic rings. The highest BCUT2D eigenvalue weighted by molar-refractivity contribution is 6.30. The number of halogens is 2. The van der Waals surface area contributed by atoms with Crippen molar-refractivity contribution in [3.63, 3.8) is 0 Å². The third-order valence-electron chi connectivity index (χ3n) is 4.03. The summed E-state index contributed by atoms with van der Waals surface area (Å²) >= 11 is 5.84. The number of amides is 2. The Morgan fingerprint density at radius 1 is 0.893 bits per heavy atom. The minimum absolute atomic E-state index is 0.0402. The maximum absolute atomic E-state index is 13.6.